The maximum Gasteiger partial charge on any atom is 0.273 e. The van der Waals surface area contributed by atoms with E-state index in [0.717, 1.165) is 37.3 Å². The number of non-ortho nitro benzene ring substituents is 1. The first-order valence-corrected chi connectivity index (χ1v) is 8.55. The number of nitrogens with one attached hydrogen (secondary N) is 2. The first-order valence-electron chi connectivity index (χ1n) is 7.32. The van der Waals surface area contributed by atoms with E-state index in [1.165, 1.54) is 0 Å². The molecule has 0 bridgehead atoms. The van der Waals surface area contributed by atoms with Crippen molar-refractivity contribution in [1.82, 2.24) is 0 Å². The number of benzene rings is 1. The molecule has 0 saturated carbocycles. The van der Waals surface area contributed by atoms with Gasteiger partial charge in [0.15, 0.2) is 0 Å². The first kappa shape index (κ1) is 17.6. The molecule has 0 unspecified atom stereocenters. The van der Waals surface area contributed by atoms with Crippen LogP contribution >= 0.6 is 11.8 Å². The van der Waals surface area contributed by atoms with Gasteiger partial charge in [0, 0.05) is 41.3 Å². The zero-order valence-electron chi connectivity index (χ0n) is 13.2. The molecule has 2 N–H and O–H groups in total. The van der Waals surface area contributed by atoms with Crippen LogP contribution < -0.4 is 10.6 Å². The van der Waals surface area contributed by atoms with E-state index in [9.17, 15) is 10.1 Å². The third-order valence-corrected chi connectivity index (χ3v) is 5.43. The summed E-state index contributed by atoms with van der Waals surface area (Å²) in [7, 11) is 0. The SMILES string of the molecule is CCNc1cc(NCC(CC)(CC)SC)cc([N+](=O)[O-])c1. The Balaban J connectivity index is 2.93. The molecule has 5 nitrogen and oxygen atoms in total. The van der Waals surface area contributed by atoms with Crippen LogP contribution in [0.5, 0.6) is 0 Å². The lowest BCUT2D eigenvalue weighted by molar-refractivity contribution is -0.384. The van der Waals surface area contributed by atoms with Crippen LogP contribution in [0.1, 0.15) is 33.6 Å². The van der Waals surface area contributed by atoms with E-state index in [-0.39, 0.29) is 15.4 Å². The summed E-state index contributed by atoms with van der Waals surface area (Å²) in [5.41, 5.74) is 1.68. The number of nitro benzene ring substituents is 1. The zero-order chi connectivity index (χ0) is 15.9. The monoisotopic (exact) mass is 311 g/mol. The molecule has 21 heavy (non-hydrogen) atoms. The van der Waals surface area contributed by atoms with Crippen molar-refractivity contribution < 1.29 is 4.92 Å². The average Bonchev–Trinajstić information content (AvgIpc) is 2.49. The third-order valence-electron chi connectivity index (χ3n) is 3.85. The molecule has 0 aliphatic heterocycles. The number of nitrogens with zero attached hydrogens (tertiary/aromatic N) is 1. The Bertz CT molecular complexity index is 468. The van der Waals surface area contributed by atoms with Gasteiger partial charge >= 0.3 is 0 Å². The summed E-state index contributed by atoms with van der Waals surface area (Å²) in [4.78, 5) is 10.7. The Morgan fingerprint density at radius 1 is 1.14 bits per heavy atom. The van der Waals surface area contributed by atoms with Crippen LogP contribution in [0.2, 0.25) is 0 Å². The molecular weight excluding hydrogens is 286 g/mol. The van der Waals surface area contributed by atoms with Crippen molar-refractivity contribution in [1.29, 1.82) is 0 Å². The second-order valence-electron chi connectivity index (χ2n) is 5.00. The highest BCUT2D eigenvalue weighted by atomic mass is 32.2. The van der Waals surface area contributed by atoms with Crippen LogP contribution in [0.25, 0.3) is 0 Å². The van der Waals surface area contributed by atoms with Crippen LogP contribution in [-0.4, -0.2) is 29.0 Å². The number of rotatable bonds is 9. The Morgan fingerprint density at radius 2 is 1.71 bits per heavy atom. The largest absolute Gasteiger partial charge is 0.385 e. The van der Waals surface area contributed by atoms with Crippen molar-refractivity contribution in [3.8, 4) is 0 Å². The molecule has 0 amide bonds. The predicted molar refractivity (Wildman–Crippen MR) is 92.6 cm³/mol. The molecule has 1 aromatic carbocycles. The minimum Gasteiger partial charge on any atom is -0.385 e. The second-order valence-corrected chi connectivity index (χ2v) is 6.28. The second kappa shape index (κ2) is 8.12. The standard InChI is InChI=1S/C15H25N3O2S/c1-5-15(6-2,21-4)11-17-13-8-12(16-7-3)9-14(10-13)18(19)20/h8-10,16-17H,5-7,11H2,1-4H3. The Hall–Kier alpha value is -1.43. The van der Waals surface area contributed by atoms with Gasteiger partial charge in [0.2, 0.25) is 0 Å². The van der Waals surface area contributed by atoms with Crippen molar-refractivity contribution in [2.45, 2.75) is 38.4 Å². The Morgan fingerprint density at radius 3 is 2.14 bits per heavy atom. The highest BCUT2D eigenvalue weighted by molar-refractivity contribution is 8.00. The van der Waals surface area contributed by atoms with Gasteiger partial charge in [-0.3, -0.25) is 10.1 Å². The number of nitro groups is 1. The van der Waals surface area contributed by atoms with Crippen LogP contribution in [0.4, 0.5) is 17.1 Å². The van der Waals surface area contributed by atoms with Crippen LogP contribution in [0.3, 0.4) is 0 Å². The van der Waals surface area contributed by atoms with Crippen molar-refractivity contribution >= 4 is 28.8 Å². The minimum absolute atomic E-state index is 0.110. The van der Waals surface area contributed by atoms with Gasteiger partial charge in [-0.1, -0.05) is 13.8 Å². The zero-order valence-corrected chi connectivity index (χ0v) is 14.0. The Kier molecular flexibility index (Phi) is 6.81. The highest BCUT2D eigenvalue weighted by Gasteiger charge is 2.24. The lowest BCUT2D eigenvalue weighted by Crippen LogP contribution is -2.32. The Labute approximate surface area is 131 Å². The summed E-state index contributed by atoms with van der Waals surface area (Å²) in [5.74, 6) is 0. The molecule has 0 saturated heterocycles. The van der Waals surface area contributed by atoms with Crippen molar-refractivity contribution in [3.63, 3.8) is 0 Å². The lowest BCUT2D eigenvalue weighted by atomic mass is 10.0. The summed E-state index contributed by atoms with van der Waals surface area (Å²) in [6.45, 7) is 7.87. The van der Waals surface area contributed by atoms with Crippen molar-refractivity contribution in [2.75, 3.05) is 30.0 Å². The normalized spacial score (nSPS) is 11.2. The molecule has 118 valence electrons. The van der Waals surface area contributed by atoms with Crippen LogP contribution in [0.15, 0.2) is 18.2 Å². The molecular formula is C15H25N3O2S. The highest BCUT2D eigenvalue weighted by Crippen LogP contribution is 2.32. The minimum atomic E-state index is -0.354. The van der Waals surface area contributed by atoms with E-state index in [0.29, 0.717) is 0 Å². The maximum absolute atomic E-state index is 11.0. The molecule has 0 radical (unpaired) electrons. The van der Waals surface area contributed by atoms with E-state index in [2.05, 4.69) is 30.7 Å². The lowest BCUT2D eigenvalue weighted by Gasteiger charge is -2.30. The number of thioether (sulfide) groups is 1. The molecule has 0 heterocycles. The molecule has 0 spiro atoms. The molecule has 0 aliphatic rings. The van der Waals surface area contributed by atoms with Crippen LogP contribution in [-0.2, 0) is 0 Å². The average molecular weight is 311 g/mol. The van der Waals surface area contributed by atoms with Gasteiger partial charge in [-0.15, -0.1) is 0 Å². The topological polar surface area (TPSA) is 67.2 Å². The fraction of sp³-hybridized carbons (Fsp3) is 0.600. The van der Waals surface area contributed by atoms with E-state index >= 15 is 0 Å². The van der Waals surface area contributed by atoms with Gasteiger partial charge in [0.25, 0.3) is 5.69 Å². The summed E-state index contributed by atoms with van der Waals surface area (Å²) in [6.07, 6.45) is 4.24. The van der Waals surface area contributed by atoms with E-state index < -0.39 is 0 Å². The van der Waals surface area contributed by atoms with Gasteiger partial charge in [-0.2, -0.15) is 11.8 Å². The smallest absolute Gasteiger partial charge is 0.273 e. The van der Waals surface area contributed by atoms with Gasteiger partial charge in [-0.25, -0.2) is 0 Å². The summed E-state index contributed by atoms with van der Waals surface area (Å²) >= 11 is 1.85. The fourth-order valence-corrected chi connectivity index (χ4v) is 3.04. The molecule has 0 atom stereocenters. The van der Waals surface area contributed by atoms with Gasteiger partial charge < -0.3 is 10.6 Å². The molecule has 1 aromatic rings. The molecule has 0 aliphatic carbocycles. The molecule has 6 heteroatoms. The van der Waals surface area contributed by atoms with E-state index in [1.54, 1.807) is 12.1 Å². The quantitative estimate of drug-likeness (QED) is 0.524. The summed E-state index contributed by atoms with van der Waals surface area (Å²) < 4.78 is 0.170. The molecule has 0 aromatic heterocycles. The van der Waals surface area contributed by atoms with Gasteiger partial charge in [-0.05, 0) is 32.1 Å². The van der Waals surface area contributed by atoms with E-state index in [4.69, 9.17) is 0 Å². The van der Waals surface area contributed by atoms with Crippen LogP contribution in [0, 0.1) is 10.1 Å². The molecule has 0 fully saturated rings. The fourth-order valence-electron chi connectivity index (χ4n) is 2.25. The number of hydrogen-bond acceptors (Lipinski definition) is 5. The van der Waals surface area contributed by atoms with Gasteiger partial charge in [0.1, 0.15) is 0 Å². The van der Waals surface area contributed by atoms with Crippen molar-refractivity contribution in [3.05, 3.63) is 28.3 Å². The predicted octanol–water partition coefficient (Wildman–Crippen LogP) is 4.36. The van der Waals surface area contributed by atoms with Gasteiger partial charge in [0.05, 0.1) is 4.92 Å². The summed E-state index contributed by atoms with van der Waals surface area (Å²) in [6, 6.07) is 5.08. The maximum atomic E-state index is 11.0. The third kappa shape index (κ3) is 4.81. The number of hydrogen-bond donors (Lipinski definition) is 2. The first-order chi connectivity index (χ1) is 10.00. The van der Waals surface area contributed by atoms with Crippen molar-refractivity contribution in [2.24, 2.45) is 0 Å². The number of anilines is 2. The van der Waals surface area contributed by atoms with E-state index in [1.807, 2.05) is 24.8 Å². The molecule has 1 rings (SSSR count). The summed E-state index contributed by atoms with van der Waals surface area (Å²) in [5, 5.41) is 17.5.